The largest absolute Gasteiger partial charge is 0.478 e. The fourth-order valence-electron chi connectivity index (χ4n) is 0.444. The molecular weight excluding hydrogens is 300 g/mol. The van der Waals surface area contributed by atoms with Crippen molar-refractivity contribution in [3.63, 3.8) is 0 Å². The second-order valence-electron chi connectivity index (χ2n) is 3.24. The van der Waals surface area contributed by atoms with Crippen molar-refractivity contribution in [2.24, 2.45) is 0 Å². The van der Waals surface area contributed by atoms with Gasteiger partial charge in [0.15, 0.2) is 0 Å². The van der Waals surface area contributed by atoms with Crippen molar-refractivity contribution >= 4 is 23.9 Å². The van der Waals surface area contributed by atoms with Gasteiger partial charge in [0, 0.05) is 18.2 Å². The molecule has 0 radical (unpaired) electrons. The number of aliphatic hydroxyl groups is 1. The van der Waals surface area contributed by atoms with Crippen molar-refractivity contribution in [1.29, 1.82) is 0 Å². The van der Waals surface area contributed by atoms with Crippen LogP contribution < -0.4 is 0 Å². The number of carboxylic acid groups (broad SMARTS) is 3. The Hall–Kier alpha value is -2.94. The SMILES string of the molecule is C=C(C(=O)OC)C(C)O.C=CC(=O)O.O=C(O)/C=C\C(=O)O. The number of ether oxygens (including phenoxy) is 1. The van der Waals surface area contributed by atoms with Crippen LogP contribution >= 0.6 is 0 Å². The average molecular weight is 318 g/mol. The highest BCUT2D eigenvalue weighted by molar-refractivity contribution is 5.89. The summed E-state index contributed by atoms with van der Waals surface area (Å²) in [4.78, 5) is 38.8. The van der Waals surface area contributed by atoms with E-state index in [1.54, 1.807) is 0 Å². The third-order valence-electron chi connectivity index (χ3n) is 1.49. The lowest BCUT2D eigenvalue weighted by Gasteiger charge is -2.03. The molecule has 0 aliphatic heterocycles. The second kappa shape index (κ2) is 14.5. The summed E-state index contributed by atoms with van der Waals surface area (Å²) in [7, 11) is 1.25. The highest BCUT2D eigenvalue weighted by atomic mass is 16.5. The van der Waals surface area contributed by atoms with E-state index < -0.39 is 30.0 Å². The molecule has 0 spiro atoms. The van der Waals surface area contributed by atoms with E-state index in [1.807, 2.05) is 0 Å². The molecule has 0 aliphatic rings. The van der Waals surface area contributed by atoms with E-state index in [0.717, 1.165) is 6.08 Å². The van der Waals surface area contributed by atoms with Crippen molar-refractivity contribution in [2.45, 2.75) is 13.0 Å². The Bertz CT molecular complexity index is 430. The quantitative estimate of drug-likeness (QED) is 0.406. The number of hydrogen-bond donors (Lipinski definition) is 4. The Morgan fingerprint density at radius 2 is 1.32 bits per heavy atom. The van der Waals surface area contributed by atoms with Crippen LogP contribution in [0.15, 0.2) is 37.0 Å². The zero-order valence-corrected chi connectivity index (χ0v) is 12.1. The molecule has 9 nitrogen and oxygen atoms in total. The molecule has 0 saturated heterocycles. The molecule has 0 saturated carbocycles. The van der Waals surface area contributed by atoms with Crippen LogP contribution in [0.25, 0.3) is 0 Å². The van der Waals surface area contributed by atoms with Gasteiger partial charge in [0.25, 0.3) is 0 Å². The zero-order chi connectivity index (χ0) is 18.3. The first-order chi connectivity index (χ1) is 9.99. The maximum atomic E-state index is 10.5. The Kier molecular flexibility index (Phi) is 15.9. The first-order valence-electron chi connectivity index (χ1n) is 5.44. The number of carbonyl (C=O) groups excluding carboxylic acids is 1. The van der Waals surface area contributed by atoms with E-state index in [4.69, 9.17) is 20.4 Å². The number of carbonyl (C=O) groups is 4. The molecule has 1 atom stereocenters. The van der Waals surface area contributed by atoms with Crippen LogP contribution in [0.5, 0.6) is 0 Å². The molecule has 124 valence electrons. The predicted octanol–water partition coefficient (Wildman–Crippen LogP) is 0.0652. The fourth-order valence-corrected chi connectivity index (χ4v) is 0.444. The molecule has 0 aliphatic carbocycles. The monoisotopic (exact) mass is 318 g/mol. The molecule has 4 N–H and O–H groups in total. The molecule has 0 aromatic heterocycles. The fraction of sp³-hybridized carbons (Fsp3) is 0.231. The third-order valence-corrected chi connectivity index (χ3v) is 1.49. The highest BCUT2D eigenvalue weighted by Gasteiger charge is 2.10. The molecule has 1 unspecified atom stereocenters. The van der Waals surface area contributed by atoms with Gasteiger partial charge in [-0.1, -0.05) is 13.2 Å². The van der Waals surface area contributed by atoms with Crippen LogP contribution in [0.4, 0.5) is 0 Å². The lowest BCUT2D eigenvalue weighted by atomic mass is 10.2. The van der Waals surface area contributed by atoms with Gasteiger partial charge in [-0.3, -0.25) is 0 Å². The summed E-state index contributed by atoms with van der Waals surface area (Å²) in [6, 6.07) is 0. The molecule has 0 fully saturated rings. The lowest BCUT2D eigenvalue weighted by molar-refractivity contribution is -0.137. The van der Waals surface area contributed by atoms with Crippen LogP contribution in [0.1, 0.15) is 6.92 Å². The van der Waals surface area contributed by atoms with Gasteiger partial charge in [-0.2, -0.15) is 0 Å². The van der Waals surface area contributed by atoms with E-state index in [9.17, 15) is 19.2 Å². The second-order valence-corrected chi connectivity index (χ2v) is 3.24. The average Bonchev–Trinajstić information content (AvgIpc) is 2.44. The summed E-state index contributed by atoms with van der Waals surface area (Å²) in [5, 5.41) is 32.0. The Morgan fingerprint density at radius 3 is 1.41 bits per heavy atom. The van der Waals surface area contributed by atoms with E-state index in [0.29, 0.717) is 12.2 Å². The molecule has 0 bridgehead atoms. The summed E-state index contributed by atoms with van der Waals surface area (Å²) >= 11 is 0. The third kappa shape index (κ3) is 22.3. The van der Waals surface area contributed by atoms with E-state index in [1.165, 1.54) is 14.0 Å². The van der Waals surface area contributed by atoms with Crippen LogP contribution in [0, 0.1) is 0 Å². The van der Waals surface area contributed by atoms with Gasteiger partial charge >= 0.3 is 23.9 Å². The highest BCUT2D eigenvalue weighted by Crippen LogP contribution is 1.98. The smallest absolute Gasteiger partial charge is 0.335 e. The number of carboxylic acids is 3. The first-order valence-corrected chi connectivity index (χ1v) is 5.44. The number of aliphatic hydroxyl groups excluding tert-OH is 1. The minimum atomic E-state index is -1.26. The van der Waals surface area contributed by atoms with Crippen LogP contribution in [-0.4, -0.2) is 57.5 Å². The summed E-state index contributed by atoms with van der Waals surface area (Å²) in [5.41, 5.74) is 0.0810. The Morgan fingerprint density at radius 1 is 1.00 bits per heavy atom. The molecule has 0 aromatic carbocycles. The van der Waals surface area contributed by atoms with E-state index >= 15 is 0 Å². The lowest BCUT2D eigenvalue weighted by Crippen LogP contribution is -2.14. The van der Waals surface area contributed by atoms with Crippen molar-refractivity contribution in [2.75, 3.05) is 7.11 Å². The van der Waals surface area contributed by atoms with Crippen molar-refractivity contribution in [1.82, 2.24) is 0 Å². The van der Waals surface area contributed by atoms with Gasteiger partial charge in [-0.15, -0.1) is 0 Å². The van der Waals surface area contributed by atoms with E-state index in [-0.39, 0.29) is 5.57 Å². The topological polar surface area (TPSA) is 158 Å². The summed E-state index contributed by atoms with van der Waals surface area (Å²) < 4.78 is 4.27. The maximum absolute atomic E-state index is 10.5. The molecule has 22 heavy (non-hydrogen) atoms. The van der Waals surface area contributed by atoms with E-state index in [2.05, 4.69) is 17.9 Å². The molecule has 0 amide bonds. The van der Waals surface area contributed by atoms with Crippen molar-refractivity contribution in [3.8, 4) is 0 Å². The van der Waals surface area contributed by atoms with Gasteiger partial charge in [0.2, 0.25) is 0 Å². The Balaban J connectivity index is -0.000000257. The molecule has 0 heterocycles. The number of methoxy groups -OCH3 is 1. The summed E-state index contributed by atoms with van der Waals surface area (Å²) in [5.74, 6) is -4.06. The molecular formula is C13H18O9. The number of aliphatic carboxylic acids is 3. The van der Waals surface area contributed by atoms with Gasteiger partial charge in [0.05, 0.1) is 18.8 Å². The van der Waals surface area contributed by atoms with Gasteiger partial charge in [-0.25, -0.2) is 19.2 Å². The molecule has 0 rings (SSSR count). The number of hydrogen-bond acceptors (Lipinski definition) is 6. The minimum absolute atomic E-state index is 0.0810. The molecule has 9 heteroatoms. The van der Waals surface area contributed by atoms with Crippen LogP contribution in [0.2, 0.25) is 0 Å². The summed E-state index contributed by atoms with van der Waals surface area (Å²) in [6.07, 6.45) is 1.13. The summed E-state index contributed by atoms with van der Waals surface area (Å²) in [6.45, 7) is 7.72. The van der Waals surface area contributed by atoms with Crippen molar-refractivity contribution in [3.05, 3.63) is 37.0 Å². The van der Waals surface area contributed by atoms with Gasteiger partial charge < -0.3 is 25.2 Å². The minimum Gasteiger partial charge on any atom is -0.478 e. The normalized spacial score (nSPS) is 9.95. The number of esters is 1. The van der Waals surface area contributed by atoms with Crippen molar-refractivity contribution < 1.29 is 44.3 Å². The van der Waals surface area contributed by atoms with Crippen LogP contribution in [0.3, 0.4) is 0 Å². The molecule has 0 aromatic rings. The number of rotatable bonds is 5. The standard InChI is InChI=1S/C6H10O3.C4H4O4.C3H4O2/c1-4(5(2)7)6(8)9-3;5-3(6)1-2-4(7)8;1-2-3(4)5/h5,7H,1H2,2-3H3;1-2H,(H,5,6)(H,7,8);2H,1H2,(H,4,5)/b;2-1-;. The first kappa shape index (κ1) is 24.1. The maximum Gasteiger partial charge on any atom is 0.335 e. The van der Waals surface area contributed by atoms with Gasteiger partial charge in [0.1, 0.15) is 0 Å². The van der Waals surface area contributed by atoms with Gasteiger partial charge in [-0.05, 0) is 6.92 Å². The predicted molar refractivity (Wildman–Crippen MR) is 75.1 cm³/mol. The zero-order valence-electron chi connectivity index (χ0n) is 12.1. The Labute approximate surface area is 126 Å². The van der Waals surface area contributed by atoms with Crippen LogP contribution in [-0.2, 0) is 23.9 Å².